The van der Waals surface area contributed by atoms with Gasteiger partial charge in [-0.2, -0.15) is 0 Å². The normalized spacial score (nSPS) is 43.4. The molecule has 2 atom stereocenters. The maximum absolute atomic E-state index is 10.5. The molecule has 2 aliphatic heterocycles. The van der Waals surface area contributed by atoms with Gasteiger partial charge in [0.25, 0.3) is 0 Å². The van der Waals surface area contributed by atoms with Crippen LogP contribution in [-0.2, 0) is 0 Å². The minimum atomic E-state index is -0.300. The summed E-state index contributed by atoms with van der Waals surface area (Å²) in [5.41, 5.74) is -0.300. The van der Waals surface area contributed by atoms with Crippen LogP contribution in [0, 0.1) is 5.92 Å². The summed E-state index contributed by atoms with van der Waals surface area (Å²) >= 11 is 0. The first-order valence-electron chi connectivity index (χ1n) is 6.45. The fraction of sp³-hybridized carbons (Fsp3) is 1.00. The number of nitrogens with zero attached hydrogens (tertiary/aromatic N) is 1. The zero-order valence-electron chi connectivity index (χ0n) is 9.41. The molecule has 3 fully saturated rings. The molecule has 1 aliphatic carbocycles. The molecule has 0 aromatic heterocycles. The highest BCUT2D eigenvalue weighted by atomic mass is 16.3. The average molecular weight is 210 g/mol. The lowest BCUT2D eigenvalue weighted by Gasteiger charge is -2.51. The lowest BCUT2D eigenvalue weighted by molar-refractivity contribution is -0.106. The van der Waals surface area contributed by atoms with Gasteiger partial charge in [0.2, 0.25) is 0 Å². The standard InChI is InChI=1S/C12H22N2O/c15-12-4-2-1-3-10(12)9-14(6-5-12)11-7-13-8-11/h10-11,13,15H,1-9H2. The molecule has 2 N–H and O–H groups in total. The van der Waals surface area contributed by atoms with E-state index in [1.807, 2.05) is 0 Å². The number of aliphatic hydroxyl groups is 1. The van der Waals surface area contributed by atoms with E-state index in [-0.39, 0.29) is 5.60 Å². The summed E-state index contributed by atoms with van der Waals surface area (Å²) in [6.45, 7) is 4.57. The summed E-state index contributed by atoms with van der Waals surface area (Å²) in [5, 5.41) is 13.9. The van der Waals surface area contributed by atoms with Gasteiger partial charge in [-0.15, -0.1) is 0 Å². The predicted octanol–water partition coefficient (Wildman–Crippen LogP) is 0.585. The summed E-state index contributed by atoms with van der Waals surface area (Å²) in [4.78, 5) is 2.60. The van der Waals surface area contributed by atoms with Crippen molar-refractivity contribution >= 4 is 0 Å². The van der Waals surface area contributed by atoms with E-state index in [1.54, 1.807) is 0 Å². The Kier molecular flexibility index (Phi) is 2.49. The highest BCUT2D eigenvalue weighted by Gasteiger charge is 2.44. The molecule has 0 aromatic rings. The van der Waals surface area contributed by atoms with Crippen LogP contribution >= 0.6 is 0 Å². The van der Waals surface area contributed by atoms with E-state index in [0.717, 1.165) is 45.1 Å². The lowest BCUT2D eigenvalue weighted by Crippen LogP contribution is -2.63. The molecule has 3 aliphatic rings. The Hall–Kier alpha value is -0.120. The smallest absolute Gasteiger partial charge is 0.0700 e. The van der Waals surface area contributed by atoms with Crippen LogP contribution in [0.4, 0.5) is 0 Å². The second kappa shape index (κ2) is 3.72. The van der Waals surface area contributed by atoms with Gasteiger partial charge in [0.05, 0.1) is 5.60 Å². The number of hydrogen-bond acceptors (Lipinski definition) is 3. The van der Waals surface area contributed by atoms with Crippen molar-refractivity contribution in [3.8, 4) is 0 Å². The van der Waals surface area contributed by atoms with Crippen LogP contribution in [0.5, 0.6) is 0 Å². The van der Waals surface area contributed by atoms with Gasteiger partial charge in [0, 0.05) is 38.1 Å². The fourth-order valence-corrected chi connectivity index (χ4v) is 3.46. The maximum Gasteiger partial charge on any atom is 0.0700 e. The van der Waals surface area contributed by atoms with Gasteiger partial charge in [0.1, 0.15) is 0 Å². The monoisotopic (exact) mass is 210 g/mol. The highest BCUT2D eigenvalue weighted by Crippen LogP contribution is 2.40. The molecule has 3 heteroatoms. The second-order valence-corrected chi connectivity index (χ2v) is 5.60. The van der Waals surface area contributed by atoms with E-state index < -0.39 is 0 Å². The van der Waals surface area contributed by atoms with Crippen LogP contribution in [0.25, 0.3) is 0 Å². The summed E-state index contributed by atoms with van der Waals surface area (Å²) in [6, 6.07) is 0.761. The molecule has 86 valence electrons. The van der Waals surface area contributed by atoms with E-state index in [1.165, 1.54) is 19.3 Å². The number of nitrogens with one attached hydrogen (secondary N) is 1. The fourth-order valence-electron chi connectivity index (χ4n) is 3.46. The molecule has 0 aromatic carbocycles. The van der Waals surface area contributed by atoms with Crippen molar-refractivity contribution in [3.63, 3.8) is 0 Å². The van der Waals surface area contributed by atoms with Crippen LogP contribution in [0.15, 0.2) is 0 Å². The van der Waals surface area contributed by atoms with E-state index in [2.05, 4.69) is 10.2 Å². The molecule has 1 saturated carbocycles. The molecule has 3 nitrogen and oxygen atoms in total. The van der Waals surface area contributed by atoms with Crippen LogP contribution in [-0.4, -0.2) is 47.8 Å². The van der Waals surface area contributed by atoms with Crippen LogP contribution in [0.1, 0.15) is 32.1 Å². The molecule has 0 bridgehead atoms. The third-order valence-corrected chi connectivity index (χ3v) is 4.74. The third-order valence-electron chi connectivity index (χ3n) is 4.74. The molecule has 0 spiro atoms. The molecule has 3 rings (SSSR count). The average Bonchev–Trinajstić information content (AvgIpc) is 2.15. The quantitative estimate of drug-likeness (QED) is 0.665. The largest absolute Gasteiger partial charge is 0.390 e. The second-order valence-electron chi connectivity index (χ2n) is 5.60. The summed E-state index contributed by atoms with van der Waals surface area (Å²) in [6.07, 6.45) is 5.86. The van der Waals surface area contributed by atoms with Crippen LogP contribution in [0.2, 0.25) is 0 Å². The van der Waals surface area contributed by atoms with Crippen molar-refractivity contribution in [3.05, 3.63) is 0 Å². The highest BCUT2D eigenvalue weighted by molar-refractivity contribution is 4.98. The third kappa shape index (κ3) is 1.71. The van der Waals surface area contributed by atoms with Crippen molar-refractivity contribution in [1.82, 2.24) is 10.2 Å². The summed E-state index contributed by atoms with van der Waals surface area (Å²) in [7, 11) is 0. The number of piperidine rings is 1. The topological polar surface area (TPSA) is 35.5 Å². The van der Waals surface area contributed by atoms with Crippen molar-refractivity contribution in [2.45, 2.75) is 43.7 Å². The Morgan fingerprint density at radius 3 is 2.80 bits per heavy atom. The van der Waals surface area contributed by atoms with Gasteiger partial charge in [-0.05, 0) is 19.3 Å². The number of rotatable bonds is 1. The van der Waals surface area contributed by atoms with Crippen molar-refractivity contribution in [2.24, 2.45) is 5.92 Å². The molecule has 0 amide bonds. The molecule has 0 radical (unpaired) electrons. The van der Waals surface area contributed by atoms with Crippen molar-refractivity contribution < 1.29 is 5.11 Å². The van der Waals surface area contributed by atoms with E-state index in [4.69, 9.17) is 0 Å². The van der Waals surface area contributed by atoms with Crippen molar-refractivity contribution in [2.75, 3.05) is 26.2 Å². The van der Waals surface area contributed by atoms with Gasteiger partial charge < -0.3 is 10.4 Å². The Labute approximate surface area is 91.8 Å². The van der Waals surface area contributed by atoms with E-state index >= 15 is 0 Å². The molecule has 2 heterocycles. The maximum atomic E-state index is 10.5. The Morgan fingerprint density at radius 2 is 2.07 bits per heavy atom. The zero-order chi connectivity index (χ0) is 10.3. The Morgan fingerprint density at radius 1 is 1.20 bits per heavy atom. The van der Waals surface area contributed by atoms with E-state index in [9.17, 15) is 5.11 Å². The summed E-state index contributed by atoms with van der Waals surface area (Å²) in [5.74, 6) is 0.556. The summed E-state index contributed by atoms with van der Waals surface area (Å²) < 4.78 is 0. The first-order chi connectivity index (χ1) is 7.28. The zero-order valence-corrected chi connectivity index (χ0v) is 9.41. The minimum Gasteiger partial charge on any atom is -0.390 e. The van der Waals surface area contributed by atoms with Crippen molar-refractivity contribution in [1.29, 1.82) is 0 Å². The molecule has 15 heavy (non-hydrogen) atoms. The number of likely N-dealkylation sites (tertiary alicyclic amines) is 1. The molecular weight excluding hydrogens is 188 g/mol. The van der Waals surface area contributed by atoms with Crippen LogP contribution < -0.4 is 5.32 Å². The van der Waals surface area contributed by atoms with Gasteiger partial charge in [-0.3, -0.25) is 4.90 Å². The first kappa shape index (κ1) is 10.1. The molecule has 2 saturated heterocycles. The Bertz CT molecular complexity index is 242. The predicted molar refractivity (Wildman–Crippen MR) is 59.8 cm³/mol. The van der Waals surface area contributed by atoms with Gasteiger partial charge in [-0.25, -0.2) is 0 Å². The van der Waals surface area contributed by atoms with Gasteiger partial charge in [-0.1, -0.05) is 12.8 Å². The lowest BCUT2D eigenvalue weighted by atomic mass is 9.71. The first-order valence-corrected chi connectivity index (χ1v) is 6.45. The van der Waals surface area contributed by atoms with Gasteiger partial charge in [0.15, 0.2) is 0 Å². The number of fused-ring (bicyclic) bond motifs is 1. The molecular formula is C12H22N2O. The van der Waals surface area contributed by atoms with Gasteiger partial charge >= 0.3 is 0 Å². The Balaban J connectivity index is 1.65. The minimum absolute atomic E-state index is 0.300. The SMILES string of the molecule is OC12CCCCC1CN(C1CNC1)CC2. The van der Waals surface area contributed by atoms with E-state index in [0.29, 0.717) is 5.92 Å². The van der Waals surface area contributed by atoms with Crippen LogP contribution in [0.3, 0.4) is 0 Å². The molecule has 2 unspecified atom stereocenters. The number of hydrogen-bond donors (Lipinski definition) is 2.